The number of aromatic nitrogens is 1. The highest BCUT2D eigenvalue weighted by molar-refractivity contribution is 6.30. The summed E-state index contributed by atoms with van der Waals surface area (Å²) in [6, 6.07) is 8.63. The molecule has 5 nitrogen and oxygen atoms in total. The second-order valence-corrected chi connectivity index (χ2v) is 5.47. The first-order valence-electron chi connectivity index (χ1n) is 6.83. The Balaban J connectivity index is 2.28. The summed E-state index contributed by atoms with van der Waals surface area (Å²) in [5, 5.41) is 11.6. The van der Waals surface area contributed by atoms with Crippen LogP contribution in [0.25, 0.3) is 0 Å². The lowest BCUT2D eigenvalue weighted by atomic mass is 10.1. The highest BCUT2D eigenvalue weighted by Crippen LogP contribution is 2.24. The summed E-state index contributed by atoms with van der Waals surface area (Å²) in [6.07, 6.45) is 3.54. The van der Waals surface area contributed by atoms with Crippen LogP contribution in [0.5, 0.6) is 0 Å². The lowest BCUT2D eigenvalue weighted by Gasteiger charge is -2.13. The van der Waals surface area contributed by atoms with Gasteiger partial charge in [-0.05, 0) is 30.7 Å². The molecule has 1 atom stereocenters. The molecule has 0 aliphatic heterocycles. The van der Waals surface area contributed by atoms with E-state index in [0.29, 0.717) is 17.1 Å². The van der Waals surface area contributed by atoms with Crippen LogP contribution < -0.4 is 5.73 Å². The second-order valence-electron chi connectivity index (χ2n) is 5.03. The monoisotopic (exact) mass is 307 g/mol. The predicted octanol–water partition coefficient (Wildman–Crippen LogP) is 3.38. The number of rotatable bonds is 6. The molecule has 0 spiro atoms. The van der Waals surface area contributed by atoms with Gasteiger partial charge in [-0.2, -0.15) is 0 Å². The molecule has 2 N–H and O–H groups in total. The average Bonchev–Trinajstić information content (AvgIpc) is 2.85. The van der Waals surface area contributed by atoms with Gasteiger partial charge in [0.05, 0.1) is 17.0 Å². The number of hydrogen-bond acceptors (Lipinski definition) is 3. The Morgan fingerprint density at radius 2 is 2.19 bits per heavy atom. The Bertz CT molecular complexity index is 640. The molecule has 1 aromatic heterocycles. The summed E-state index contributed by atoms with van der Waals surface area (Å²) >= 11 is 5.96. The number of halogens is 1. The number of nitrogens with two attached hydrogens (primary N) is 1. The Morgan fingerprint density at radius 1 is 1.43 bits per heavy atom. The van der Waals surface area contributed by atoms with Crippen molar-refractivity contribution >= 4 is 17.3 Å². The van der Waals surface area contributed by atoms with Crippen molar-refractivity contribution in [1.29, 1.82) is 0 Å². The highest BCUT2D eigenvalue weighted by atomic mass is 35.5. The lowest BCUT2D eigenvalue weighted by Crippen LogP contribution is -2.23. The summed E-state index contributed by atoms with van der Waals surface area (Å²) < 4.78 is 1.98. The summed E-state index contributed by atoms with van der Waals surface area (Å²) in [4.78, 5) is 10.7. The van der Waals surface area contributed by atoms with Gasteiger partial charge in [-0.1, -0.05) is 18.5 Å². The van der Waals surface area contributed by atoms with E-state index in [1.165, 1.54) is 12.1 Å². The molecule has 0 saturated carbocycles. The third-order valence-corrected chi connectivity index (χ3v) is 3.73. The zero-order valence-electron chi connectivity index (χ0n) is 11.8. The zero-order chi connectivity index (χ0) is 15.4. The fourth-order valence-electron chi connectivity index (χ4n) is 2.24. The maximum absolute atomic E-state index is 11.1. The van der Waals surface area contributed by atoms with Gasteiger partial charge < -0.3 is 10.3 Å². The van der Waals surface area contributed by atoms with Crippen molar-refractivity contribution in [2.75, 3.05) is 0 Å². The van der Waals surface area contributed by atoms with Crippen LogP contribution in [0.1, 0.15) is 24.6 Å². The van der Waals surface area contributed by atoms with Crippen LogP contribution in [-0.2, 0) is 13.0 Å². The molecule has 112 valence electrons. The van der Waals surface area contributed by atoms with E-state index in [-0.39, 0.29) is 16.7 Å². The molecule has 0 aliphatic rings. The summed E-state index contributed by atoms with van der Waals surface area (Å²) in [6.45, 7) is 2.45. The number of nitrogens with zero attached hydrogens (tertiary/aromatic N) is 2. The van der Waals surface area contributed by atoms with Crippen molar-refractivity contribution in [1.82, 2.24) is 4.57 Å². The van der Waals surface area contributed by atoms with Crippen molar-refractivity contribution in [3.63, 3.8) is 0 Å². The summed E-state index contributed by atoms with van der Waals surface area (Å²) in [7, 11) is 0. The fourth-order valence-corrected chi connectivity index (χ4v) is 2.44. The number of benzene rings is 1. The van der Waals surface area contributed by atoms with E-state index < -0.39 is 0 Å². The van der Waals surface area contributed by atoms with Crippen LogP contribution in [0.3, 0.4) is 0 Å². The summed E-state index contributed by atoms with van der Waals surface area (Å²) in [5.41, 5.74) is 7.73. The predicted molar refractivity (Wildman–Crippen MR) is 83.6 cm³/mol. The van der Waals surface area contributed by atoms with E-state index >= 15 is 0 Å². The highest BCUT2D eigenvalue weighted by Gasteiger charge is 2.15. The van der Waals surface area contributed by atoms with Gasteiger partial charge in [0.15, 0.2) is 0 Å². The van der Waals surface area contributed by atoms with Crippen LogP contribution in [0.2, 0.25) is 5.02 Å². The van der Waals surface area contributed by atoms with Crippen molar-refractivity contribution < 1.29 is 4.92 Å². The molecule has 1 heterocycles. The minimum absolute atomic E-state index is 0.0823. The largest absolute Gasteiger partial charge is 0.347 e. The maximum atomic E-state index is 11.1. The molecule has 6 heteroatoms. The Labute approximate surface area is 128 Å². The smallest absolute Gasteiger partial charge is 0.274 e. The minimum Gasteiger partial charge on any atom is -0.347 e. The number of nitro benzene ring substituents is 1. The molecule has 0 saturated heterocycles. The van der Waals surface area contributed by atoms with Crippen LogP contribution in [0.4, 0.5) is 5.69 Å². The normalized spacial score (nSPS) is 12.3. The molecule has 0 aliphatic carbocycles. The molecule has 0 fully saturated rings. The fraction of sp³-hybridized carbons (Fsp3) is 0.333. The van der Waals surface area contributed by atoms with Crippen molar-refractivity contribution in [2.24, 2.45) is 5.73 Å². The van der Waals surface area contributed by atoms with Gasteiger partial charge in [0, 0.05) is 35.4 Å². The van der Waals surface area contributed by atoms with Crippen LogP contribution >= 0.6 is 11.6 Å². The number of nitro groups is 1. The van der Waals surface area contributed by atoms with E-state index in [1.807, 2.05) is 29.8 Å². The minimum atomic E-state index is -0.382. The number of hydrogen-bond donors (Lipinski definition) is 1. The van der Waals surface area contributed by atoms with Crippen LogP contribution in [0.15, 0.2) is 36.5 Å². The van der Waals surface area contributed by atoms with E-state index in [2.05, 4.69) is 0 Å². The first-order chi connectivity index (χ1) is 10.0. The third-order valence-electron chi connectivity index (χ3n) is 3.50. The first kappa shape index (κ1) is 15.5. The topological polar surface area (TPSA) is 74.1 Å². The summed E-state index contributed by atoms with van der Waals surface area (Å²) in [5.74, 6) is 0. The average molecular weight is 308 g/mol. The van der Waals surface area contributed by atoms with Crippen molar-refractivity contribution in [3.05, 3.63) is 62.9 Å². The quantitative estimate of drug-likeness (QED) is 0.656. The van der Waals surface area contributed by atoms with Crippen LogP contribution in [0, 0.1) is 10.1 Å². The molecule has 1 unspecified atom stereocenters. The molecule has 1 aromatic carbocycles. The van der Waals surface area contributed by atoms with Crippen molar-refractivity contribution in [2.45, 2.75) is 32.4 Å². The van der Waals surface area contributed by atoms with Gasteiger partial charge in [0.1, 0.15) is 0 Å². The van der Waals surface area contributed by atoms with Gasteiger partial charge in [-0.25, -0.2) is 0 Å². The first-order valence-corrected chi connectivity index (χ1v) is 7.21. The van der Waals surface area contributed by atoms with Gasteiger partial charge in [-0.3, -0.25) is 10.1 Å². The van der Waals surface area contributed by atoms with E-state index in [9.17, 15) is 10.1 Å². The Kier molecular flexibility index (Phi) is 4.98. The Hall–Kier alpha value is -1.85. The molecule has 0 radical (unpaired) electrons. The SMILES string of the molecule is CCC(N)Cc1cccn1Cc1cc(Cl)ccc1[N+](=O)[O-]. The van der Waals surface area contributed by atoms with Gasteiger partial charge in [-0.15, -0.1) is 0 Å². The second kappa shape index (κ2) is 6.74. The van der Waals surface area contributed by atoms with E-state index in [1.54, 1.807) is 6.07 Å². The molecular formula is C15H18ClN3O2. The third kappa shape index (κ3) is 3.83. The van der Waals surface area contributed by atoms with E-state index in [4.69, 9.17) is 17.3 Å². The molecule has 0 amide bonds. The zero-order valence-corrected chi connectivity index (χ0v) is 12.6. The van der Waals surface area contributed by atoms with E-state index in [0.717, 1.165) is 18.5 Å². The van der Waals surface area contributed by atoms with Gasteiger partial charge >= 0.3 is 0 Å². The van der Waals surface area contributed by atoms with Gasteiger partial charge in [0.2, 0.25) is 0 Å². The Morgan fingerprint density at radius 3 is 2.86 bits per heavy atom. The maximum Gasteiger partial charge on any atom is 0.274 e. The molecular weight excluding hydrogens is 290 g/mol. The standard InChI is InChI=1S/C15H18ClN3O2/c1-2-13(17)9-14-4-3-7-18(14)10-11-8-12(16)5-6-15(11)19(20)21/h3-8,13H,2,9-10,17H2,1H3. The molecule has 2 rings (SSSR count). The molecule has 21 heavy (non-hydrogen) atoms. The van der Waals surface area contributed by atoms with Crippen molar-refractivity contribution in [3.8, 4) is 0 Å². The van der Waals surface area contributed by atoms with Crippen LogP contribution in [-0.4, -0.2) is 15.5 Å². The van der Waals surface area contributed by atoms with Gasteiger partial charge in [0.25, 0.3) is 5.69 Å². The molecule has 2 aromatic rings. The lowest BCUT2D eigenvalue weighted by molar-refractivity contribution is -0.385. The molecule has 0 bridgehead atoms.